The van der Waals surface area contributed by atoms with Crippen LogP contribution in [0, 0.1) is 23.5 Å². The maximum atomic E-state index is 14.0. The molecule has 2 amide bonds. The van der Waals surface area contributed by atoms with Crippen molar-refractivity contribution >= 4 is 11.8 Å². The van der Waals surface area contributed by atoms with E-state index in [1.807, 2.05) is 4.90 Å². The Kier molecular flexibility index (Phi) is 8.66. The zero-order valence-corrected chi connectivity index (χ0v) is 24.0. The zero-order valence-electron chi connectivity index (χ0n) is 22.0. The summed E-state index contributed by atoms with van der Waals surface area (Å²) in [6.07, 6.45) is 5.04. The number of carbonyl (C=O) groups excluding carboxylic acids is 2. The predicted molar refractivity (Wildman–Crippen MR) is 130 cm³/mol. The molecule has 0 spiro atoms. The molecule has 1 aromatic heterocycles. The number of amides is 2. The Balaban J connectivity index is 0.00000336. The molecule has 198 valence electrons. The Labute approximate surface area is 242 Å². The SMILES string of the molecule is CC(C)CN1C[C@@H]2CCCC[C@@H]2N2C(=O)c3c([O-])c(=O)c(C(=O)NCc4ccc(F)cc4F)cn3C[C@@H]12.[Na+]. The topological polar surface area (TPSA) is 97.7 Å². The summed E-state index contributed by atoms with van der Waals surface area (Å²) >= 11 is 0. The molecule has 5 rings (SSSR count). The van der Waals surface area contributed by atoms with Crippen molar-refractivity contribution in [3.05, 3.63) is 63.1 Å². The van der Waals surface area contributed by atoms with Gasteiger partial charge in [0.05, 0.1) is 6.54 Å². The van der Waals surface area contributed by atoms with Crippen LogP contribution in [0.25, 0.3) is 0 Å². The average molecular weight is 537 g/mol. The van der Waals surface area contributed by atoms with E-state index >= 15 is 0 Å². The smallest absolute Gasteiger partial charge is 0.868 e. The van der Waals surface area contributed by atoms with Crippen LogP contribution in [0.3, 0.4) is 0 Å². The van der Waals surface area contributed by atoms with Crippen LogP contribution in [0.15, 0.2) is 29.2 Å². The molecule has 2 aromatic rings. The van der Waals surface area contributed by atoms with Gasteiger partial charge in [0, 0.05) is 43.5 Å². The Hall–Kier alpha value is -2.27. The number of carbonyl (C=O) groups is 2. The molecule has 3 aliphatic rings. The van der Waals surface area contributed by atoms with Crippen molar-refractivity contribution in [3.8, 4) is 5.75 Å². The van der Waals surface area contributed by atoms with Crippen molar-refractivity contribution in [1.29, 1.82) is 0 Å². The second-order valence-electron chi connectivity index (χ2n) is 10.8. The number of benzene rings is 1. The largest absolute Gasteiger partial charge is 1.00 e. The number of pyridine rings is 1. The zero-order chi connectivity index (χ0) is 26.4. The standard InChI is InChI=1S/C27H32F2N4O4.Na/c1-15(2)11-31-12-17-5-3-4-6-21(17)33-22(31)14-32-13-19(24(34)25(35)23(32)27(33)37)26(36)30-10-16-7-8-18(28)9-20(16)29;/h7-9,13,15,17,21-22,35H,3-6,10-12,14H2,1-2H3,(H,30,36);/q;+1/p-1/t17-,21-,22-;/m0./s1. The van der Waals surface area contributed by atoms with Gasteiger partial charge in [-0.2, -0.15) is 0 Å². The van der Waals surface area contributed by atoms with E-state index in [0.717, 1.165) is 44.8 Å². The molecule has 1 aliphatic carbocycles. The minimum Gasteiger partial charge on any atom is -0.868 e. The van der Waals surface area contributed by atoms with Gasteiger partial charge in [-0.3, -0.25) is 19.3 Å². The average Bonchev–Trinajstić information content (AvgIpc) is 2.85. The summed E-state index contributed by atoms with van der Waals surface area (Å²) in [5, 5.41) is 15.6. The fourth-order valence-electron chi connectivity index (χ4n) is 6.14. The summed E-state index contributed by atoms with van der Waals surface area (Å²) in [5.41, 5.74) is -1.64. The third-order valence-corrected chi connectivity index (χ3v) is 7.77. The first-order valence-electron chi connectivity index (χ1n) is 12.9. The number of hydrogen-bond acceptors (Lipinski definition) is 5. The molecule has 1 saturated heterocycles. The number of rotatable bonds is 5. The molecule has 3 atom stereocenters. The summed E-state index contributed by atoms with van der Waals surface area (Å²) in [5.74, 6) is -3.19. The summed E-state index contributed by atoms with van der Waals surface area (Å²) in [6.45, 7) is 5.88. The van der Waals surface area contributed by atoms with Gasteiger partial charge in [-0.25, -0.2) is 8.78 Å². The number of nitrogens with one attached hydrogen (secondary N) is 1. The first kappa shape index (κ1) is 28.7. The Morgan fingerprint density at radius 1 is 1.16 bits per heavy atom. The van der Waals surface area contributed by atoms with Gasteiger partial charge >= 0.3 is 29.6 Å². The van der Waals surface area contributed by atoms with Gasteiger partial charge in [0.2, 0.25) is 0 Å². The monoisotopic (exact) mass is 536 g/mol. The van der Waals surface area contributed by atoms with Crippen LogP contribution in [-0.2, 0) is 13.1 Å². The number of halogens is 2. The second-order valence-corrected chi connectivity index (χ2v) is 10.8. The fourth-order valence-corrected chi connectivity index (χ4v) is 6.14. The molecule has 0 bridgehead atoms. The van der Waals surface area contributed by atoms with E-state index in [0.29, 0.717) is 17.9 Å². The van der Waals surface area contributed by atoms with Crippen molar-refractivity contribution in [2.24, 2.45) is 11.8 Å². The molecular weight excluding hydrogens is 505 g/mol. The molecule has 1 N–H and O–H groups in total. The third-order valence-electron chi connectivity index (χ3n) is 7.77. The number of nitrogens with zero attached hydrogens (tertiary/aromatic N) is 3. The van der Waals surface area contributed by atoms with Gasteiger partial charge in [-0.05, 0) is 36.5 Å². The van der Waals surface area contributed by atoms with Crippen molar-refractivity contribution in [3.63, 3.8) is 0 Å². The molecule has 1 aromatic carbocycles. The van der Waals surface area contributed by atoms with Crippen LogP contribution >= 0.6 is 0 Å². The van der Waals surface area contributed by atoms with E-state index in [1.165, 1.54) is 16.8 Å². The molecule has 2 aliphatic heterocycles. The normalized spacial score (nSPS) is 22.8. The van der Waals surface area contributed by atoms with Crippen LogP contribution in [0.1, 0.15) is 65.9 Å². The van der Waals surface area contributed by atoms with Gasteiger partial charge in [0.15, 0.2) is 5.43 Å². The Morgan fingerprint density at radius 3 is 2.61 bits per heavy atom. The van der Waals surface area contributed by atoms with Crippen LogP contribution in [0.2, 0.25) is 0 Å². The molecular formula is C27H31F2N4NaO4. The molecule has 2 fully saturated rings. The van der Waals surface area contributed by atoms with E-state index in [1.54, 1.807) is 0 Å². The van der Waals surface area contributed by atoms with Gasteiger partial charge in [0.1, 0.15) is 29.1 Å². The molecule has 0 radical (unpaired) electrons. The first-order valence-corrected chi connectivity index (χ1v) is 12.9. The molecule has 11 heteroatoms. The Morgan fingerprint density at radius 2 is 1.89 bits per heavy atom. The van der Waals surface area contributed by atoms with Crippen LogP contribution in [0.5, 0.6) is 5.75 Å². The quantitative estimate of drug-likeness (QED) is 0.518. The van der Waals surface area contributed by atoms with Gasteiger partial charge in [0.25, 0.3) is 11.8 Å². The minimum absolute atomic E-state index is 0. The van der Waals surface area contributed by atoms with Crippen LogP contribution in [-0.4, -0.2) is 51.5 Å². The summed E-state index contributed by atoms with van der Waals surface area (Å²) < 4.78 is 28.6. The maximum absolute atomic E-state index is 14.0. The van der Waals surface area contributed by atoms with E-state index in [4.69, 9.17) is 0 Å². The molecule has 8 nitrogen and oxygen atoms in total. The van der Waals surface area contributed by atoms with Crippen molar-refractivity contribution < 1.29 is 53.0 Å². The van der Waals surface area contributed by atoms with Crippen LogP contribution in [0.4, 0.5) is 8.78 Å². The number of fused-ring (bicyclic) bond motifs is 4. The molecule has 0 unspecified atom stereocenters. The van der Waals surface area contributed by atoms with E-state index in [-0.39, 0.29) is 66.1 Å². The van der Waals surface area contributed by atoms with E-state index < -0.39 is 40.2 Å². The third kappa shape index (κ3) is 5.28. The van der Waals surface area contributed by atoms with Crippen molar-refractivity contribution in [1.82, 2.24) is 19.7 Å². The van der Waals surface area contributed by atoms with E-state index in [2.05, 4.69) is 24.1 Å². The minimum atomic E-state index is -1.06. The Bertz CT molecular complexity index is 1300. The van der Waals surface area contributed by atoms with E-state index in [9.17, 15) is 28.3 Å². The van der Waals surface area contributed by atoms with Gasteiger partial charge in [-0.15, -0.1) is 0 Å². The summed E-state index contributed by atoms with van der Waals surface area (Å²) in [6, 6.07) is 3.00. The van der Waals surface area contributed by atoms with Gasteiger partial charge < -0.3 is 19.9 Å². The summed E-state index contributed by atoms with van der Waals surface area (Å²) in [4.78, 5) is 43.6. The maximum Gasteiger partial charge on any atom is 1.00 e. The molecule has 38 heavy (non-hydrogen) atoms. The number of aromatic nitrogens is 1. The molecule has 3 heterocycles. The van der Waals surface area contributed by atoms with Crippen molar-refractivity contribution in [2.45, 2.75) is 64.8 Å². The first-order chi connectivity index (χ1) is 17.7. The fraction of sp³-hybridized carbons (Fsp3) is 0.519. The number of hydrogen-bond donors (Lipinski definition) is 1. The van der Waals surface area contributed by atoms with Crippen LogP contribution < -0.4 is 45.4 Å². The van der Waals surface area contributed by atoms with Gasteiger partial charge in [-0.1, -0.05) is 32.8 Å². The predicted octanol–water partition coefficient (Wildman–Crippen LogP) is -0.554. The van der Waals surface area contributed by atoms with Crippen molar-refractivity contribution in [2.75, 3.05) is 13.1 Å². The summed E-state index contributed by atoms with van der Waals surface area (Å²) in [7, 11) is 0. The molecule has 1 saturated carbocycles. The second kappa shape index (κ2) is 11.5.